The largest absolute Gasteiger partial charge is 0.300 e. The van der Waals surface area contributed by atoms with Crippen molar-refractivity contribution in [2.45, 2.75) is 59.3 Å². The van der Waals surface area contributed by atoms with Crippen molar-refractivity contribution in [3.05, 3.63) is 11.6 Å². The van der Waals surface area contributed by atoms with Gasteiger partial charge in [0.1, 0.15) is 5.78 Å². The molecule has 0 fully saturated rings. The average Bonchev–Trinajstić information content (AvgIpc) is 2.15. The fourth-order valence-electron chi connectivity index (χ4n) is 2.43. The topological polar surface area (TPSA) is 17.1 Å². The third-order valence-electron chi connectivity index (χ3n) is 3.18. The summed E-state index contributed by atoms with van der Waals surface area (Å²) in [5.74, 6) is 1.78. The highest BCUT2D eigenvalue weighted by atomic mass is 16.1. The highest BCUT2D eigenvalue weighted by Gasteiger charge is 2.18. The zero-order chi connectivity index (χ0) is 11.3. The number of rotatable bonds is 5. The number of carbonyl (C=O) groups excluding carboxylic acids is 1. The number of ketones is 1. The maximum atomic E-state index is 11.0. The molecule has 1 nitrogen and oxygen atoms in total. The molecule has 86 valence electrons. The summed E-state index contributed by atoms with van der Waals surface area (Å²) in [5.41, 5.74) is 1.62. The Hall–Kier alpha value is -0.590. The molecule has 0 aromatic carbocycles. The van der Waals surface area contributed by atoms with E-state index < -0.39 is 0 Å². The lowest BCUT2D eigenvalue weighted by atomic mass is 9.80. The molecule has 0 saturated heterocycles. The summed E-state index contributed by atoms with van der Waals surface area (Å²) in [6.07, 6.45) is 9.35. The van der Waals surface area contributed by atoms with Gasteiger partial charge in [-0.2, -0.15) is 0 Å². The molecular formula is C14H24O. The van der Waals surface area contributed by atoms with Crippen molar-refractivity contribution in [3.8, 4) is 0 Å². The van der Waals surface area contributed by atoms with Crippen molar-refractivity contribution in [2.75, 3.05) is 0 Å². The van der Waals surface area contributed by atoms with E-state index in [1.807, 2.05) is 0 Å². The van der Waals surface area contributed by atoms with Gasteiger partial charge in [-0.15, -0.1) is 0 Å². The quantitative estimate of drug-likeness (QED) is 0.621. The molecule has 0 heterocycles. The van der Waals surface area contributed by atoms with Gasteiger partial charge in [-0.25, -0.2) is 0 Å². The van der Waals surface area contributed by atoms with Crippen LogP contribution in [-0.4, -0.2) is 5.78 Å². The van der Waals surface area contributed by atoms with Gasteiger partial charge in [0.25, 0.3) is 0 Å². The number of carbonyl (C=O) groups is 1. The summed E-state index contributed by atoms with van der Waals surface area (Å²) in [5, 5.41) is 0. The van der Waals surface area contributed by atoms with Crippen molar-refractivity contribution in [1.82, 2.24) is 0 Å². The summed E-state index contributed by atoms with van der Waals surface area (Å²) in [7, 11) is 0. The lowest BCUT2D eigenvalue weighted by Gasteiger charge is -2.25. The lowest BCUT2D eigenvalue weighted by Crippen LogP contribution is -2.12. The van der Waals surface area contributed by atoms with Crippen LogP contribution in [0.15, 0.2) is 11.6 Å². The monoisotopic (exact) mass is 208 g/mol. The molecule has 15 heavy (non-hydrogen) atoms. The second-order valence-electron chi connectivity index (χ2n) is 5.25. The van der Waals surface area contributed by atoms with Crippen LogP contribution in [0.3, 0.4) is 0 Å². The van der Waals surface area contributed by atoms with Crippen LogP contribution >= 0.6 is 0 Å². The van der Waals surface area contributed by atoms with Gasteiger partial charge in [-0.05, 0) is 50.9 Å². The van der Waals surface area contributed by atoms with Crippen LogP contribution in [0, 0.1) is 11.8 Å². The number of Topliss-reactive ketones (excluding diaryl/α,β-unsaturated/α-hetero) is 1. The predicted molar refractivity (Wildman–Crippen MR) is 64.8 cm³/mol. The summed E-state index contributed by atoms with van der Waals surface area (Å²) >= 11 is 0. The molecular weight excluding hydrogens is 184 g/mol. The van der Waals surface area contributed by atoms with E-state index >= 15 is 0 Å². The Kier molecular flexibility index (Phi) is 5.07. The van der Waals surface area contributed by atoms with Gasteiger partial charge >= 0.3 is 0 Å². The van der Waals surface area contributed by atoms with Crippen LogP contribution in [0.4, 0.5) is 0 Å². The lowest BCUT2D eigenvalue weighted by molar-refractivity contribution is -0.117. The van der Waals surface area contributed by atoms with Crippen molar-refractivity contribution in [2.24, 2.45) is 11.8 Å². The highest BCUT2D eigenvalue weighted by Crippen LogP contribution is 2.32. The first-order chi connectivity index (χ1) is 7.09. The molecule has 1 aliphatic carbocycles. The first-order valence-electron chi connectivity index (χ1n) is 6.28. The number of allylic oxidation sites excluding steroid dienone is 2. The smallest absolute Gasteiger partial charge is 0.129 e. The standard InChI is InChI=1S/C14H24O/c1-11(2)10-14-7-5-4-6-13(14)9-8-12(3)15/h7,11,13H,4-6,8-10H2,1-3H3. The van der Waals surface area contributed by atoms with Crippen molar-refractivity contribution in [1.29, 1.82) is 0 Å². The van der Waals surface area contributed by atoms with Crippen molar-refractivity contribution >= 4 is 5.78 Å². The number of hydrogen-bond acceptors (Lipinski definition) is 1. The van der Waals surface area contributed by atoms with Crippen LogP contribution < -0.4 is 0 Å². The Labute approximate surface area is 93.9 Å². The highest BCUT2D eigenvalue weighted by molar-refractivity contribution is 5.75. The second kappa shape index (κ2) is 6.09. The molecule has 1 heteroatoms. The minimum atomic E-state index is 0.337. The molecule has 0 spiro atoms. The molecule has 0 aliphatic heterocycles. The van der Waals surface area contributed by atoms with Gasteiger partial charge in [0.15, 0.2) is 0 Å². The summed E-state index contributed by atoms with van der Waals surface area (Å²) in [6, 6.07) is 0. The zero-order valence-corrected chi connectivity index (χ0v) is 10.4. The molecule has 1 aliphatic rings. The molecule has 0 N–H and O–H groups in total. The molecule has 1 rings (SSSR count). The van der Waals surface area contributed by atoms with E-state index in [1.54, 1.807) is 12.5 Å². The molecule has 0 saturated carbocycles. The third kappa shape index (κ3) is 4.63. The average molecular weight is 208 g/mol. The van der Waals surface area contributed by atoms with E-state index in [0.717, 1.165) is 18.8 Å². The van der Waals surface area contributed by atoms with Crippen molar-refractivity contribution in [3.63, 3.8) is 0 Å². The Morgan fingerprint density at radius 1 is 1.53 bits per heavy atom. The van der Waals surface area contributed by atoms with Crippen LogP contribution in [-0.2, 0) is 4.79 Å². The van der Waals surface area contributed by atoms with E-state index in [2.05, 4.69) is 19.9 Å². The summed E-state index contributed by atoms with van der Waals surface area (Å²) < 4.78 is 0. The van der Waals surface area contributed by atoms with Gasteiger partial charge in [-0.1, -0.05) is 25.5 Å². The fourth-order valence-corrected chi connectivity index (χ4v) is 2.43. The van der Waals surface area contributed by atoms with Crippen LogP contribution in [0.1, 0.15) is 59.3 Å². The molecule has 0 amide bonds. The molecule has 0 bridgehead atoms. The van der Waals surface area contributed by atoms with Gasteiger partial charge < -0.3 is 4.79 Å². The maximum absolute atomic E-state index is 11.0. The Morgan fingerprint density at radius 3 is 2.87 bits per heavy atom. The molecule has 0 aromatic rings. The van der Waals surface area contributed by atoms with E-state index in [0.29, 0.717) is 11.7 Å². The Bertz CT molecular complexity index is 238. The van der Waals surface area contributed by atoms with E-state index in [-0.39, 0.29) is 0 Å². The Morgan fingerprint density at radius 2 is 2.27 bits per heavy atom. The molecule has 0 aromatic heterocycles. The van der Waals surface area contributed by atoms with Crippen LogP contribution in [0.25, 0.3) is 0 Å². The third-order valence-corrected chi connectivity index (χ3v) is 3.18. The number of hydrogen-bond donors (Lipinski definition) is 0. The molecule has 1 atom stereocenters. The molecule has 1 unspecified atom stereocenters. The van der Waals surface area contributed by atoms with Gasteiger partial charge in [-0.3, -0.25) is 0 Å². The maximum Gasteiger partial charge on any atom is 0.129 e. The van der Waals surface area contributed by atoms with Gasteiger partial charge in [0.2, 0.25) is 0 Å². The zero-order valence-electron chi connectivity index (χ0n) is 10.4. The van der Waals surface area contributed by atoms with E-state index in [4.69, 9.17) is 0 Å². The predicted octanol–water partition coefficient (Wildman–Crippen LogP) is 4.13. The second-order valence-corrected chi connectivity index (χ2v) is 5.25. The molecule has 0 radical (unpaired) electrons. The van der Waals surface area contributed by atoms with Gasteiger partial charge in [0, 0.05) is 6.42 Å². The summed E-state index contributed by atoms with van der Waals surface area (Å²) in [6.45, 7) is 6.25. The SMILES string of the molecule is CC(=O)CCC1CCCC=C1CC(C)C. The first-order valence-corrected chi connectivity index (χ1v) is 6.28. The van der Waals surface area contributed by atoms with Crippen molar-refractivity contribution < 1.29 is 4.79 Å². The van der Waals surface area contributed by atoms with Gasteiger partial charge in [0.05, 0.1) is 0 Å². The van der Waals surface area contributed by atoms with Crippen LogP contribution in [0.5, 0.6) is 0 Å². The minimum Gasteiger partial charge on any atom is -0.300 e. The fraction of sp³-hybridized carbons (Fsp3) is 0.786. The van der Waals surface area contributed by atoms with Crippen LogP contribution in [0.2, 0.25) is 0 Å². The van der Waals surface area contributed by atoms with E-state index in [9.17, 15) is 4.79 Å². The normalized spacial score (nSPS) is 21.6. The first kappa shape index (κ1) is 12.5. The summed E-state index contributed by atoms with van der Waals surface area (Å²) in [4.78, 5) is 11.0. The Balaban J connectivity index is 2.48. The minimum absolute atomic E-state index is 0.337. The van der Waals surface area contributed by atoms with E-state index in [1.165, 1.54) is 25.7 Å².